The van der Waals surface area contributed by atoms with E-state index in [1.165, 1.54) is 37.3 Å². The number of allylic oxidation sites excluding steroid dienone is 4. The Morgan fingerprint density at radius 3 is 2.46 bits per heavy atom. The third kappa shape index (κ3) is 2.73. The number of piperidine rings is 1. The maximum absolute atomic E-state index is 13.2. The molecule has 132 valence electrons. The zero-order valence-corrected chi connectivity index (χ0v) is 14.2. The first-order valence-electron chi connectivity index (χ1n) is 8.26. The summed E-state index contributed by atoms with van der Waals surface area (Å²) in [7, 11) is 0. The number of benzene rings is 1. The van der Waals surface area contributed by atoms with Crippen LogP contribution in [0.1, 0.15) is 30.1 Å². The largest absolute Gasteiger partial charge is 0.296 e. The van der Waals surface area contributed by atoms with E-state index in [-0.39, 0.29) is 24.0 Å². The van der Waals surface area contributed by atoms with Gasteiger partial charge < -0.3 is 0 Å². The van der Waals surface area contributed by atoms with Gasteiger partial charge in [0.25, 0.3) is 0 Å². The normalized spacial score (nSPS) is 25.5. The molecule has 1 saturated heterocycles. The highest BCUT2D eigenvalue weighted by Crippen LogP contribution is 2.41. The first-order valence-corrected chi connectivity index (χ1v) is 8.26. The number of amides is 2. The lowest BCUT2D eigenvalue weighted by Crippen LogP contribution is -2.56. The lowest BCUT2D eigenvalue weighted by atomic mass is 9.62. The van der Waals surface area contributed by atoms with Crippen molar-refractivity contribution in [1.29, 1.82) is 0 Å². The molecule has 3 rings (SSSR count). The predicted molar refractivity (Wildman–Crippen MR) is 92.0 cm³/mol. The summed E-state index contributed by atoms with van der Waals surface area (Å²) in [6.45, 7) is 1.53. The van der Waals surface area contributed by atoms with Gasteiger partial charge in [0.05, 0.1) is 5.92 Å². The van der Waals surface area contributed by atoms with Gasteiger partial charge in [-0.1, -0.05) is 48.6 Å². The van der Waals surface area contributed by atoms with Crippen LogP contribution in [0, 0.1) is 11.3 Å². The number of hydrogen-bond donors (Lipinski definition) is 1. The molecule has 1 aliphatic heterocycles. The van der Waals surface area contributed by atoms with Gasteiger partial charge in [0.15, 0.2) is 5.78 Å². The smallest absolute Gasteiger partial charge is 0.231 e. The average Bonchev–Trinajstić information content (AvgIpc) is 2.64. The fourth-order valence-electron chi connectivity index (χ4n) is 3.47. The van der Waals surface area contributed by atoms with Gasteiger partial charge in [-0.25, -0.2) is 0 Å². The Labute approximate surface area is 150 Å². The maximum atomic E-state index is 13.2. The van der Waals surface area contributed by atoms with Crippen molar-refractivity contribution >= 4 is 29.2 Å². The molecule has 2 aliphatic rings. The zero-order valence-electron chi connectivity index (χ0n) is 14.2. The van der Waals surface area contributed by atoms with Crippen molar-refractivity contribution in [3.63, 3.8) is 0 Å². The molecule has 2 atom stereocenters. The van der Waals surface area contributed by atoms with Crippen molar-refractivity contribution in [2.24, 2.45) is 11.3 Å². The molecular weight excluding hydrogens is 334 g/mol. The van der Waals surface area contributed by atoms with Crippen molar-refractivity contribution in [2.75, 3.05) is 0 Å². The van der Waals surface area contributed by atoms with Crippen LogP contribution >= 0.6 is 0 Å². The Balaban J connectivity index is 2.09. The van der Waals surface area contributed by atoms with E-state index in [9.17, 15) is 24.0 Å². The molecule has 0 spiro atoms. The summed E-state index contributed by atoms with van der Waals surface area (Å²) >= 11 is 0. The van der Waals surface area contributed by atoms with Crippen LogP contribution in [0.2, 0.25) is 0 Å². The van der Waals surface area contributed by atoms with Crippen molar-refractivity contribution < 1.29 is 24.0 Å². The monoisotopic (exact) mass is 351 g/mol. The Morgan fingerprint density at radius 1 is 1.12 bits per heavy atom. The highest BCUT2D eigenvalue weighted by molar-refractivity contribution is 6.50. The Morgan fingerprint density at radius 2 is 1.81 bits per heavy atom. The quantitative estimate of drug-likeness (QED) is 0.384. The van der Waals surface area contributed by atoms with Crippen LogP contribution in [0.3, 0.4) is 0 Å². The number of Topliss-reactive ketones (excluding diaryl/α,β-unsaturated/α-hetero) is 3. The molecule has 2 amide bonds. The number of ketones is 3. The van der Waals surface area contributed by atoms with E-state index in [4.69, 9.17) is 0 Å². The Hall–Kier alpha value is -3.15. The summed E-state index contributed by atoms with van der Waals surface area (Å²) in [5.74, 6) is -4.63. The van der Waals surface area contributed by atoms with Gasteiger partial charge in [-0.2, -0.15) is 0 Å². The Kier molecular flexibility index (Phi) is 4.50. The minimum absolute atomic E-state index is 0.00878. The van der Waals surface area contributed by atoms with Gasteiger partial charge in [0, 0.05) is 12.0 Å². The first kappa shape index (κ1) is 17.7. The second-order valence-corrected chi connectivity index (χ2v) is 6.43. The van der Waals surface area contributed by atoms with Crippen LogP contribution in [0.15, 0.2) is 54.1 Å². The van der Waals surface area contributed by atoms with Gasteiger partial charge in [-0.3, -0.25) is 29.3 Å². The van der Waals surface area contributed by atoms with E-state index in [0.717, 1.165) is 0 Å². The molecule has 6 heteroatoms. The summed E-state index contributed by atoms with van der Waals surface area (Å²) in [6, 6.07) is 7.90. The molecule has 0 bridgehead atoms. The number of carbonyl (C=O) groups excluding carboxylic acids is 5. The van der Waals surface area contributed by atoms with Crippen LogP contribution < -0.4 is 5.32 Å². The van der Waals surface area contributed by atoms with Crippen molar-refractivity contribution in [2.45, 2.75) is 19.8 Å². The first-order chi connectivity index (χ1) is 12.4. The number of carbonyl (C=O) groups is 5. The molecule has 1 fully saturated rings. The second kappa shape index (κ2) is 6.63. The van der Waals surface area contributed by atoms with Gasteiger partial charge >= 0.3 is 0 Å². The summed E-state index contributed by atoms with van der Waals surface area (Å²) < 4.78 is 0. The molecule has 0 saturated carbocycles. The topological polar surface area (TPSA) is 97.4 Å². The summed E-state index contributed by atoms with van der Waals surface area (Å²) in [4.78, 5) is 62.8. The number of rotatable bonds is 4. The van der Waals surface area contributed by atoms with Gasteiger partial charge in [-0.05, 0) is 18.9 Å². The van der Waals surface area contributed by atoms with E-state index in [2.05, 4.69) is 5.32 Å². The number of imide groups is 1. The minimum Gasteiger partial charge on any atom is -0.296 e. The molecule has 26 heavy (non-hydrogen) atoms. The summed E-state index contributed by atoms with van der Waals surface area (Å²) in [5, 5.41) is 2.17. The third-order valence-electron chi connectivity index (χ3n) is 4.85. The van der Waals surface area contributed by atoms with E-state index in [1.807, 2.05) is 0 Å². The molecule has 1 aliphatic carbocycles. The van der Waals surface area contributed by atoms with E-state index in [1.54, 1.807) is 18.2 Å². The SMILES string of the molecule is CC1=CC=CC(C(=O)C(=O)c2ccccc2)(C2CCC(=O)NC2=O)C1=O. The van der Waals surface area contributed by atoms with Crippen molar-refractivity contribution in [3.05, 3.63) is 59.7 Å². The Bertz CT molecular complexity index is 881. The fraction of sp³-hybridized carbons (Fsp3) is 0.250. The zero-order chi connectivity index (χ0) is 18.9. The molecule has 1 aromatic rings. The molecule has 2 unspecified atom stereocenters. The summed E-state index contributed by atoms with van der Waals surface area (Å²) in [5.41, 5.74) is -1.49. The second-order valence-electron chi connectivity index (χ2n) is 6.43. The fourth-order valence-corrected chi connectivity index (χ4v) is 3.47. The van der Waals surface area contributed by atoms with Crippen LogP contribution in [-0.4, -0.2) is 29.2 Å². The van der Waals surface area contributed by atoms with E-state index < -0.39 is 40.5 Å². The molecule has 0 radical (unpaired) electrons. The van der Waals surface area contributed by atoms with Gasteiger partial charge in [0.2, 0.25) is 23.4 Å². The van der Waals surface area contributed by atoms with Crippen molar-refractivity contribution in [3.8, 4) is 0 Å². The van der Waals surface area contributed by atoms with Gasteiger partial charge in [0.1, 0.15) is 5.41 Å². The van der Waals surface area contributed by atoms with E-state index in [0.29, 0.717) is 0 Å². The standard InChI is InChI=1S/C20H17NO5/c1-12-6-5-11-20(17(12)24,14-9-10-15(22)21-19(14)26)18(25)16(23)13-7-3-2-4-8-13/h2-8,11,14H,9-10H2,1H3,(H,21,22,26). The number of hydrogen-bond acceptors (Lipinski definition) is 5. The maximum Gasteiger partial charge on any atom is 0.231 e. The molecule has 6 nitrogen and oxygen atoms in total. The molecule has 0 aromatic heterocycles. The highest BCUT2D eigenvalue weighted by atomic mass is 16.2. The van der Waals surface area contributed by atoms with Crippen LogP contribution in [0.4, 0.5) is 0 Å². The predicted octanol–water partition coefficient (Wildman–Crippen LogP) is 1.56. The number of nitrogens with one attached hydrogen (secondary N) is 1. The molecule has 1 N–H and O–H groups in total. The minimum atomic E-state index is -1.92. The van der Waals surface area contributed by atoms with Crippen LogP contribution in [-0.2, 0) is 19.2 Å². The lowest BCUT2D eigenvalue weighted by molar-refractivity contribution is -0.148. The molecule has 1 aromatic carbocycles. The average molecular weight is 351 g/mol. The lowest BCUT2D eigenvalue weighted by Gasteiger charge is -2.37. The third-order valence-corrected chi connectivity index (χ3v) is 4.85. The van der Waals surface area contributed by atoms with Crippen LogP contribution in [0.5, 0.6) is 0 Å². The van der Waals surface area contributed by atoms with Crippen molar-refractivity contribution in [1.82, 2.24) is 5.32 Å². The van der Waals surface area contributed by atoms with Crippen LogP contribution in [0.25, 0.3) is 0 Å². The van der Waals surface area contributed by atoms with E-state index >= 15 is 0 Å². The highest BCUT2D eigenvalue weighted by Gasteiger charge is 2.56. The molecule has 1 heterocycles. The summed E-state index contributed by atoms with van der Waals surface area (Å²) in [6.07, 6.45) is 4.41. The molecular formula is C20H17NO5. The van der Waals surface area contributed by atoms with Gasteiger partial charge in [-0.15, -0.1) is 0 Å².